The van der Waals surface area contributed by atoms with Crippen LogP contribution in [0.25, 0.3) is 0 Å². The predicted octanol–water partition coefficient (Wildman–Crippen LogP) is 1.74. The number of aromatic amines is 1. The van der Waals surface area contributed by atoms with E-state index >= 15 is 0 Å². The monoisotopic (exact) mass is 341 g/mol. The van der Waals surface area contributed by atoms with Gasteiger partial charge in [0.15, 0.2) is 0 Å². The van der Waals surface area contributed by atoms with E-state index in [-0.39, 0.29) is 23.2 Å². The lowest BCUT2D eigenvalue weighted by Crippen LogP contribution is -2.13. The second-order valence-corrected chi connectivity index (χ2v) is 4.40. The van der Waals surface area contributed by atoms with Crippen molar-refractivity contribution in [1.82, 2.24) is 15.2 Å². The van der Waals surface area contributed by atoms with Crippen molar-refractivity contribution in [2.75, 3.05) is 12.4 Å². The molecule has 2 aromatic rings. The predicted molar refractivity (Wildman–Crippen MR) is 71.7 cm³/mol. The Bertz CT molecular complexity index is 671. The standard InChI is InChI=1S/C10H8BrN5O4/c1-20-10-13-9(14-15-10)12-8(17)5-2-3-6(11)7(4-5)16(18)19/h2-4H,1H3,(H2,12,13,14,15,17). The van der Waals surface area contributed by atoms with Crippen molar-refractivity contribution in [2.45, 2.75) is 0 Å². The zero-order chi connectivity index (χ0) is 14.7. The van der Waals surface area contributed by atoms with Crippen LogP contribution in [0, 0.1) is 10.1 Å². The molecule has 9 nitrogen and oxygen atoms in total. The first-order valence-electron chi connectivity index (χ1n) is 5.23. The number of aromatic nitrogens is 3. The third kappa shape index (κ3) is 2.91. The van der Waals surface area contributed by atoms with E-state index in [2.05, 4.69) is 36.4 Å². The molecule has 0 fully saturated rings. The Morgan fingerprint density at radius 1 is 1.55 bits per heavy atom. The average molecular weight is 342 g/mol. The summed E-state index contributed by atoms with van der Waals surface area (Å²) in [5.41, 5.74) is -0.0805. The molecule has 0 saturated heterocycles. The van der Waals surface area contributed by atoms with E-state index in [0.717, 1.165) is 6.07 Å². The summed E-state index contributed by atoms with van der Waals surface area (Å²) in [7, 11) is 1.38. The van der Waals surface area contributed by atoms with Crippen LogP contribution in [0.3, 0.4) is 0 Å². The Balaban J connectivity index is 2.21. The van der Waals surface area contributed by atoms with Crippen molar-refractivity contribution in [3.05, 3.63) is 38.3 Å². The van der Waals surface area contributed by atoms with Crippen molar-refractivity contribution < 1.29 is 14.5 Å². The molecular formula is C10H8BrN5O4. The molecule has 2 N–H and O–H groups in total. The summed E-state index contributed by atoms with van der Waals surface area (Å²) in [4.78, 5) is 25.9. The van der Waals surface area contributed by atoms with Crippen molar-refractivity contribution in [1.29, 1.82) is 0 Å². The summed E-state index contributed by atoms with van der Waals surface area (Å²) in [6.07, 6.45) is 0. The Kier molecular flexibility index (Phi) is 3.94. The van der Waals surface area contributed by atoms with Gasteiger partial charge < -0.3 is 4.74 Å². The summed E-state index contributed by atoms with van der Waals surface area (Å²) in [5, 5.41) is 19.3. The largest absolute Gasteiger partial charge is 0.466 e. The number of nitrogens with one attached hydrogen (secondary N) is 2. The molecule has 10 heteroatoms. The highest BCUT2D eigenvalue weighted by Gasteiger charge is 2.17. The molecule has 0 bridgehead atoms. The molecule has 0 aliphatic heterocycles. The Morgan fingerprint density at radius 3 is 2.90 bits per heavy atom. The summed E-state index contributed by atoms with van der Waals surface area (Å²) < 4.78 is 5.04. The van der Waals surface area contributed by atoms with Crippen molar-refractivity contribution in [3.63, 3.8) is 0 Å². The smallest absolute Gasteiger partial charge is 0.336 e. The first-order chi connectivity index (χ1) is 9.51. The minimum absolute atomic E-state index is 0.0714. The first kappa shape index (κ1) is 13.9. The van der Waals surface area contributed by atoms with E-state index < -0.39 is 10.8 Å². The fourth-order valence-electron chi connectivity index (χ4n) is 1.37. The Labute approximate surface area is 120 Å². The summed E-state index contributed by atoms with van der Waals surface area (Å²) in [6, 6.07) is 4.10. The summed E-state index contributed by atoms with van der Waals surface area (Å²) in [5.74, 6) is -0.475. The van der Waals surface area contributed by atoms with Gasteiger partial charge in [0.25, 0.3) is 11.6 Å². The van der Waals surface area contributed by atoms with Crippen LogP contribution in [0.4, 0.5) is 11.6 Å². The van der Waals surface area contributed by atoms with Crippen LogP contribution in [0.2, 0.25) is 0 Å². The number of carbonyl (C=O) groups excluding carboxylic acids is 1. The van der Waals surface area contributed by atoms with Crippen molar-refractivity contribution in [2.24, 2.45) is 0 Å². The second kappa shape index (κ2) is 5.65. The number of hydrogen-bond donors (Lipinski definition) is 2. The number of carbonyl (C=O) groups is 1. The number of anilines is 1. The zero-order valence-corrected chi connectivity index (χ0v) is 11.7. The van der Waals surface area contributed by atoms with Crippen molar-refractivity contribution >= 4 is 33.5 Å². The number of rotatable bonds is 4. The number of nitro benzene ring substituents is 1. The van der Waals surface area contributed by atoms with E-state index in [1.54, 1.807) is 0 Å². The second-order valence-electron chi connectivity index (χ2n) is 3.55. The lowest BCUT2D eigenvalue weighted by atomic mass is 10.2. The van der Waals surface area contributed by atoms with Gasteiger partial charge in [-0.05, 0) is 28.1 Å². The number of ether oxygens (including phenoxy) is 1. The highest BCUT2D eigenvalue weighted by Crippen LogP contribution is 2.25. The molecule has 0 atom stereocenters. The normalized spacial score (nSPS) is 10.1. The van der Waals surface area contributed by atoms with Crippen molar-refractivity contribution in [3.8, 4) is 6.01 Å². The maximum atomic E-state index is 11.9. The van der Waals surface area contributed by atoms with Gasteiger partial charge in [0.05, 0.1) is 16.5 Å². The van der Waals surface area contributed by atoms with Gasteiger partial charge in [-0.3, -0.25) is 20.2 Å². The molecule has 2 rings (SSSR count). The minimum atomic E-state index is -0.585. The van der Waals surface area contributed by atoms with Crippen LogP contribution >= 0.6 is 15.9 Å². The minimum Gasteiger partial charge on any atom is -0.466 e. The van der Waals surface area contributed by atoms with E-state index in [0.29, 0.717) is 4.47 Å². The van der Waals surface area contributed by atoms with Gasteiger partial charge in [-0.1, -0.05) is 0 Å². The lowest BCUT2D eigenvalue weighted by Gasteiger charge is -2.02. The summed E-state index contributed by atoms with van der Waals surface area (Å²) >= 11 is 3.04. The molecule has 1 amide bonds. The van der Waals surface area contributed by atoms with Crippen LogP contribution in [0.15, 0.2) is 22.7 Å². The molecule has 0 saturated carbocycles. The first-order valence-corrected chi connectivity index (χ1v) is 6.02. The molecule has 1 aromatic carbocycles. The number of methoxy groups -OCH3 is 1. The van der Waals surface area contributed by atoms with Gasteiger partial charge in [0.2, 0.25) is 5.95 Å². The highest BCUT2D eigenvalue weighted by molar-refractivity contribution is 9.10. The quantitative estimate of drug-likeness (QED) is 0.644. The zero-order valence-electron chi connectivity index (χ0n) is 10.1. The maximum absolute atomic E-state index is 11.9. The molecule has 0 spiro atoms. The Hall–Kier alpha value is -2.49. The number of nitro groups is 1. The Morgan fingerprint density at radius 2 is 2.30 bits per heavy atom. The van der Waals surface area contributed by atoms with Crippen LogP contribution in [-0.4, -0.2) is 33.1 Å². The molecule has 0 radical (unpaired) electrons. The topological polar surface area (TPSA) is 123 Å². The maximum Gasteiger partial charge on any atom is 0.336 e. The highest BCUT2D eigenvalue weighted by atomic mass is 79.9. The molecule has 0 aliphatic rings. The summed E-state index contributed by atoms with van der Waals surface area (Å²) in [6.45, 7) is 0. The van der Waals surface area contributed by atoms with E-state index in [1.807, 2.05) is 0 Å². The lowest BCUT2D eigenvalue weighted by molar-refractivity contribution is -0.385. The van der Waals surface area contributed by atoms with E-state index in [1.165, 1.54) is 19.2 Å². The van der Waals surface area contributed by atoms with E-state index in [9.17, 15) is 14.9 Å². The number of halogens is 1. The molecule has 0 unspecified atom stereocenters. The van der Waals surface area contributed by atoms with Gasteiger partial charge >= 0.3 is 6.01 Å². The fraction of sp³-hybridized carbons (Fsp3) is 0.100. The number of nitrogens with zero attached hydrogens (tertiary/aromatic N) is 3. The molecule has 104 valence electrons. The molecule has 0 aliphatic carbocycles. The van der Waals surface area contributed by atoms with Gasteiger partial charge in [-0.2, -0.15) is 4.98 Å². The molecule has 1 heterocycles. The van der Waals surface area contributed by atoms with Gasteiger partial charge in [-0.15, -0.1) is 5.10 Å². The SMILES string of the molecule is COc1n[nH]c(NC(=O)c2ccc(Br)c([N+](=O)[O-])c2)n1. The fourth-order valence-corrected chi connectivity index (χ4v) is 1.76. The van der Waals surface area contributed by atoms with Gasteiger partial charge in [0.1, 0.15) is 0 Å². The molecule has 1 aromatic heterocycles. The third-order valence-corrected chi connectivity index (χ3v) is 2.95. The number of amides is 1. The van der Waals surface area contributed by atoms with Crippen LogP contribution in [0.5, 0.6) is 6.01 Å². The molecule has 20 heavy (non-hydrogen) atoms. The number of hydrogen-bond acceptors (Lipinski definition) is 6. The van der Waals surface area contributed by atoms with Crippen LogP contribution < -0.4 is 10.1 Å². The van der Waals surface area contributed by atoms with Crippen LogP contribution in [0.1, 0.15) is 10.4 Å². The molecular weight excluding hydrogens is 334 g/mol. The van der Waals surface area contributed by atoms with Gasteiger partial charge in [0, 0.05) is 11.6 Å². The van der Waals surface area contributed by atoms with E-state index in [4.69, 9.17) is 4.74 Å². The van der Waals surface area contributed by atoms with Crippen LogP contribution in [-0.2, 0) is 0 Å². The number of benzene rings is 1. The third-order valence-electron chi connectivity index (χ3n) is 2.28. The number of H-pyrrole nitrogens is 1. The van der Waals surface area contributed by atoms with Gasteiger partial charge in [-0.25, -0.2) is 5.10 Å². The average Bonchev–Trinajstić information content (AvgIpc) is 2.86.